The van der Waals surface area contributed by atoms with Gasteiger partial charge in [-0.2, -0.15) is 0 Å². The summed E-state index contributed by atoms with van der Waals surface area (Å²) in [6.07, 6.45) is 9.64. The summed E-state index contributed by atoms with van der Waals surface area (Å²) in [6.45, 7) is 12.3. The van der Waals surface area contributed by atoms with E-state index < -0.39 is 23.2 Å². The maximum absolute atomic E-state index is 14.9. The van der Waals surface area contributed by atoms with Crippen molar-refractivity contribution in [1.29, 1.82) is 0 Å². The number of nitrogens with two attached hydrogens (primary N) is 1. The van der Waals surface area contributed by atoms with E-state index >= 15 is 0 Å². The lowest BCUT2D eigenvalue weighted by atomic mass is 9.90. The second-order valence-electron chi connectivity index (χ2n) is 13.7. The smallest absolute Gasteiger partial charge is 0.211 e. The predicted octanol–water partition coefficient (Wildman–Crippen LogP) is 4.83. The number of carbonyl (C=O) groups is 2. The number of nitrogen functional groups attached to an aromatic ring is 1. The van der Waals surface area contributed by atoms with Crippen molar-refractivity contribution in [3.63, 3.8) is 0 Å². The number of benzene rings is 2. The van der Waals surface area contributed by atoms with Crippen molar-refractivity contribution in [2.24, 2.45) is 4.99 Å². The van der Waals surface area contributed by atoms with Gasteiger partial charge in [0.2, 0.25) is 6.41 Å². The highest BCUT2D eigenvalue weighted by molar-refractivity contribution is 5.91. The molecule has 1 aliphatic carbocycles. The molecule has 5 rings (SSSR count). The Bertz CT molecular complexity index is 1430. The van der Waals surface area contributed by atoms with Crippen LogP contribution in [0.25, 0.3) is 0 Å². The summed E-state index contributed by atoms with van der Waals surface area (Å²) in [5.41, 5.74) is 7.78. The van der Waals surface area contributed by atoms with Gasteiger partial charge in [-0.25, -0.2) is 8.78 Å². The van der Waals surface area contributed by atoms with Crippen LogP contribution in [0, 0.1) is 11.6 Å². The van der Waals surface area contributed by atoms with Gasteiger partial charge < -0.3 is 25.9 Å². The van der Waals surface area contributed by atoms with Crippen LogP contribution in [0.2, 0.25) is 0 Å². The largest absolute Gasteiger partial charge is 0.398 e. The molecule has 11 heteroatoms. The van der Waals surface area contributed by atoms with Crippen molar-refractivity contribution in [3.8, 4) is 0 Å². The molecule has 0 unspecified atom stereocenters. The van der Waals surface area contributed by atoms with Crippen molar-refractivity contribution in [1.82, 2.24) is 9.80 Å². The third-order valence-corrected chi connectivity index (χ3v) is 10.1. The number of carbonyl (C=O) groups excluding carboxylic acids is 2. The monoisotopic (exact) mass is 650 g/mol. The quantitative estimate of drug-likeness (QED) is 0.123. The maximum Gasteiger partial charge on any atom is 0.211 e. The molecule has 4 N–H and O–H groups in total. The average Bonchev–Trinajstić information content (AvgIpc) is 3.02. The summed E-state index contributed by atoms with van der Waals surface area (Å²) in [6, 6.07) is 7.28. The number of aliphatic hydroxyl groups is 1. The number of nitrogens with one attached hydrogen (secondary N) is 1. The number of anilines is 3. The molecule has 1 saturated carbocycles. The molecule has 9 nitrogen and oxygen atoms in total. The van der Waals surface area contributed by atoms with Crippen LogP contribution in [0.15, 0.2) is 41.9 Å². The molecule has 1 amide bonds. The molecular formula is C36H48F2N6O3. The number of piperazine rings is 1. The second-order valence-corrected chi connectivity index (χ2v) is 13.7. The lowest BCUT2D eigenvalue weighted by molar-refractivity contribution is -0.109. The number of rotatable bonds is 13. The zero-order valence-electron chi connectivity index (χ0n) is 27.5. The van der Waals surface area contributed by atoms with Gasteiger partial charge in [0.15, 0.2) is 0 Å². The SMILES string of the molecule is C=CCC[C@@H](C=O)c1c(F)cc(N2CC(N3CCN(C4CCC(N=Cc5cc(NC=O)c(C(C)(C)O)cc5N)CC4)CC3)C2)cc1F. The molecule has 2 heterocycles. The van der Waals surface area contributed by atoms with E-state index in [1.165, 1.54) is 12.1 Å². The van der Waals surface area contributed by atoms with Gasteiger partial charge in [-0.3, -0.25) is 19.6 Å². The molecule has 47 heavy (non-hydrogen) atoms. The fourth-order valence-corrected chi connectivity index (χ4v) is 7.24. The van der Waals surface area contributed by atoms with Gasteiger partial charge >= 0.3 is 0 Å². The first-order valence-corrected chi connectivity index (χ1v) is 16.7. The predicted molar refractivity (Wildman–Crippen MR) is 183 cm³/mol. The average molecular weight is 651 g/mol. The van der Waals surface area contributed by atoms with E-state index in [0.29, 0.717) is 65.8 Å². The van der Waals surface area contributed by atoms with E-state index in [1.807, 2.05) is 4.90 Å². The first kappa shape index (κ1) is 34.7. The molecule has 3 fully saturated rings. The molecule has 0 aromatic heterocycles. The Morgan fingerprint density at radius 1 is 1.02 bits per heavy atom. The van der Waals surface area contributed by atoms with E-state index in [4.69, 9.17) is 10.7 Å². The zero-order valence-corrected chi connectivity index (χ0v) is 27.5. The van der Waals surface area contributed by atoms with E-state index in [2.05, 4.69) is 21.7 Å². The standard InChI is InChI=1S/C36H48F2N6O3/c1-4-5-6-24(22-45)35-31(37)16-28(17-32(35)38)44-20-29(21-44)43-13-11-42(12-14-43)27-9-7-26(8-10-27)40-19-25-15-34(41-23-46)30(18-33(25)39)36(2,3)47/h4,15-19,22-24,26-27,29,47H,1,5-14,20-21,39H2,2-3H3,(H,41,46)/t24-,26?,27?/m0/s1. The minimum atomic E-state index is -1.15. The Hall–Kier alpha value is -3.67. The van der Waals surface area contributed by atoms with Gasteiger partial charge in [0.1, 0.15) is 17.9 Å². The van der Waals surface area contributed by atoms with E-state index in [-0.39, 0.29) is 11.6 Å². The van der Waals surface area contributed by atoms with Gasteiger partial charge in [-0.05, 0) is 76.6 Å². The van der Waals surface area contributed by atoms with Crippen molar-refractivity contribution in [2.75, 3.05) is 55.2 Å². The number of aldehydes is 1. The number of amides is 1. The maximum atomic E-state index is 14.9. The molecule has 2 aromatic carbocycles. The summed E-state index contributed by atoms with van der Waals surface area (Å²) in [5, 5.41) is 13.1. The molecule has 2 saturated heterocycles. The highest BCUT2D eigenvalue weighted by atomic mass is 19.1. The Morgan fingerprint density at radius 3 is 2.19 bits per heavy atom. The third kappa shape index (κ3) is 8.08. The molecule has 3 aliphatic rings. The minimum absolute atomic E-state index is 0.149. The van der Waals surface area contributed by atoms with Crippen LogP contribution in [0.4, 0.5) is 25.8 Å². The van der Waals surface area contributed by atoms with Crippen molar-refractivity contribution in [3.05, 3.63) is 65.2 Å². The van der Waals surface area contributed by atoms with Crippen LogP contribution in [0.5, 0.6) is 0 Å². The lowest BCUT2D eigenvalue weighted by Gasteiger charge is -2.50. The Balaban J connectivity index is 1.07. The number of aliphatic imine (C=N–C) groups is 1. The third-order valence-electron chi connectivity index (χ3n) is 10.1. The second kappa shape index (κ2) is 15.0. The van der Waals surface area contributed by atoms with Crippen LogP contribution in [0.3, 0.4) is 0 Å². The van der Waals surface area contributed by atoms with Crippen LogP contribution >= 0.6 is 0 Å². The minimum Gasteiger partial charge on any atom is -0.398 e. The first-order chi connectivity index (χ1) is 22.5. The van der Waals surface area contributed by atoms with Crippen LogP contribution in [-0.2, 0) is 15.2 Å². The Kier molecular flexibility index (Phi) is 11.1. The summed E-state index contributed by atoms with van der Waals surface area (Å²) in [7, 11) is 0. The van der Waals surface area contributed by atoms with Crippen LogP contribution < -0.4 is 16.0 Å². The highest BCUT2D eigenvalue weighted by Crippen LogP contribution is 2.34. The number of hydrogen-bond donors (Lipinski definition) is 3. The summed E-state index contributed by atoms with van der Waals surface area (Å²) < 4.78 is 29.8. The zero-order chi connectivity index (χ0) is 33.7. The van der Waals surface area contributed by atoms with Crippen molar-refractivity contribution in [2.45, 2.75) is 82.0 Å². The van der Waals surface area contributed by atoms with Crippen LogP contribution in [-0.4, -0.2) is 91.2 Å². The van der Waals surface area contributed by atoms with Crippen molar-refractivity contribution < 1.29 is 23.5 Å². The number of halogens is 2. The van der Waals surface area contributed by atoms with Gasteiger partial charge in [0.25, 0.3) is 0 Å². The first-order valence-electron chi connectivity index (χ1n) is 16.7. The molecule has 2 aliphatic heterocycles. The molecule has 1 atom stereocenters. The Labute approximate surface area is 276 Å². The molecule has 0 spiro atoms. The molecule has 0 radical (unpaired) electrons. The summed E-state index contributed by atoms with van der Waals surface area (Å²) >= 11 is 0. The number of nitrogens with zero attached hydrogens (tertiary/aromatic N) is 4. The molecule has 254 valence electrons. The topological polar surface area (TPSA) is 114 Å². The fourth-order valence-electron chi connectivity index (χ4n) is 7.24. The Morgan fingerprint density at radius 2 is 1.64 bits per heavy atom. The molecule has 0 bridgehead atoms. The molecular weight excluding hydrogens is 602 g/mol. The fraction of sp³-hybridized carbons (Fsp3) is 0.528. The van der Waals surface area contributed by atoms with E-state index in [9.17, 15) is 23.5 Å². The normalized spacial score (nSPS) is 22.2. The van der Waals surface area contributed by atoms with Crippen LogP contribution in [0.1, 0.15) is 75.0 Å². The highest BCUT2D eigenvalue weighted by Gasteiger charge is 2.36. The molecule has 2 aromatic rings. The van der Waals surface area contributed by atoms with Gasteiger partial charge in [0, 0.05) is 97.2 Å². The van der Waals surface area contributed by atoms with E-state index in [1.54, 1.807) is 38.3 Å². The van der Waals surface area contributed by atoms with Gasteiger partial charge in [-0.15, -0.1) is 6.58 Å². The van der Waals surface area contributed by atoms with Gasteiger partial charge in [0.05, 0.1) is 11.6 Å². The lowest BCUT2D eigenvalue weighted by Crippen LogP contribution is -2.64. The van der Waals surface area contributed by atoms with E-state index in [0.717, 1.165) is 65.0 Å². The van der Waals surface area contributed by atoms with Gasteiger partial charge in [-0.1, -0.05) is 6.08 Å². The number of allylic oxidation sites excluding steroid dienone is 1. The summed E-state index contributed by atoms with van der Waals surface area (Å²) in [5.74, 6) is -2.14. The number of hydrogen-bond acceptors (Lipinski definition) is 8. The van der Waals surface area contributed by atoms with Crippen molar-refractivity contribution >= 4 is 36.0 Å². The summed E-state index contributed by atoms with van der Waals surface area (Å²) in [4.78, 5) is 34.5.